The summed E-state index contributed by atoms with van der Waals surface area (Å²) in [7, 11) is 0. The fourth-order valence-electron chi connectivity index (χ4n) is 2.92. The molecule has 100 valence electrons. The van der Waals surface area contributed by atoms with Crippen molar-refractivity contribution in [1.82, 2.24) is 4.98 Å². The van der Waals surface area contributed by atoms with Crippen LogP contribution in [0.1, 0.15) is 55.3 Å². The third-order valence-corrected chi connectivity index (χ3v) is 4.12. The van der Waals surface area contributed by atoms with Crippen LogP contribution in [0.2, 0.25) is 0 Å². The lowest BCUT2D eigenvalue weighted by Crippen LogP contribution is -2.25. The van der Waals surface area contributed by atoms with Crippen molar-refractivity contribution in [2.24, 2.45) is 0 Å². The number of aromatic nitrogens is 1. The monoisotopic (exact) mass is 259 g/mol. The molecule has 3 rings (SSSR count). The molecule has 1 aromatic carbocycles. The summed E-state index contributed by atoms with van der Waals surface area (Å²) in [5.41, 5.74) is 1.18. The van der Waals surface area contributed by atoms with Crippen LogP contribution in [0, 0.1) is 0 Å². The van der Waals surface area contributed by atoms with Gasteiger partial charge in [0.1, 0.15) is 11.1 Å². The zero-order valence-corrected chi connectivity index (χ0v) is 11.0. The molecular weight excluding hydrogens is 242 g/mol. The maximum absolute atomic E-state index is 11.2. The van der Waals surface area contributed by atoms with Gasteiger partial charge in [-0.25, -0.2) is 9.78 Å². The van der Waals surface area contributed by atoms with Gasteiger partial charge in [0.15, 0.2) is 5.58 Å². The highest BCUT2D eigenvalue weighted by Gasteiger charge is 2.34. The first-order valence-electron chi connectivity index (χ1n) is 6.73. The predicted molar refractivity (Wildman–Crippen MR) is 71.4 cm³/mol. The molecule has 1 aliphatic rings. The van der Waals surface area contributed by atoms with Crippen LogP contribution in [-0.2, 0) is 5.41 Å². The minimum Gasteiger partial charge on any atom is -0.478 e. The van der Waals surface area contributed by atoms with Gasteiger partial charge in [-0.2, -0.15) is 0 Å². The zero-order chi connectivity index (χ0) is 13.5. The molecule has 1 fully saturated rings. The molecule has 0 saturated heterocycles. The average molecular weight is 259 g/mol. The van der Waals surface area contributed by atoms with E-state index in [1.165, 1.54) is 19.3 Å². The van der Waals surface area contributed by atoms with Crippen LogP contribution in [-0.4, -0.2) is 16.1 Å². The van der Waals surface area contributed by atoms with Gasteiger partial charge in [-0.15, -0.1) is 0 Å². The number of hydrogen-bond acceptors (Lipinski definition) is 3. The maximum atomic E-state index is 11.2. The summed E-state index contributed by atoms with van der Waals surface area (Å²) >= 11 is 0. The van der Waals surface area contributed by atoms with E-state index in [-0.39, 0.29) is 11.0 Å². The molecular formula is C15H17NO3. The van der Waals surface area contributed by atoms with E-state index in [0.29, 0.717) is 17.0 Å². The van der Waals surface area contributed by atoms with Crippen LogP contribution in [0.5, 0.6) is 0 Å². The molecule has 1 heterocycles. The van der Waals surface area contributed by atoms with E-state index in [1.54, 1.807) is 18.2 Å². The number of para-hydroxylation sites is 1. The molecule has 1 aliphatic carbocycles. The number of benzene rings is 1. The summed E-state index contributed by atoms with van der Waals surface area (Å²) in [6.07, 6.45) is 5.74. The molecule has 0 spiro atoms. The second kappa shape index (κ2) is 4.37. The molecule has 4 nitrogen and oxygen atoms in total. The fourth-order valence-corrected chi connectivity index (χ4v) is 2.92. The summed E-state index contributed by atoms with van der Waals surface area (Å²) in [4.78, 5) is 15.7. The Kier molecular flexibility index (Phi) is 2.81. The van der Waals surface area contributed by atoms with E-state index in [1.807, 2.05) is 0 Å². The van der Waals surface area contributed by atoms with Crippen LogP contribution in [0.4, 0.5) is 0 Å². The summed E-state index contributed by atoms with van der Waals surface area (Å²) in [5.74, 6) is -0.280. The highest BCUT2D eigenvalue weighted by atomic mass is 16.4. The SMILES string of the molecule is CC1(c2nc3cccc(C(=O)O)c3o2)CCCCC1. The number of carboxylic acids is 1. The van der Waals surface area contributed by atoms with Crippen molar-refractivity contribution in [3.05, 3.63) is 29.7 Å². The van der Waals surface area contributed by atoms with Crippen LogP contribution in [0.15, 0.2) is 22.6 Å². The largest absolute Gasteiger partial charge is 0.478 e. The molecule has 0 amide bonds. The normalized spacial score (nSPS) is 18.6. The van der Waals surface area contributed by atoms with E-state index in [0.717, 1.165) is 12.8 Å². The molecule has 19 heavy (non-hydrogen) atoms. The van der Waals surface area contributed by atoms with E-state index in [9.17, 15) is 9.90 Å². The molecule has 2 aromatic rings. The van der Waals surface area contributed by atoms with Gasteiger partial charge in [0, 0.05) is 5.41 Å². The Morgan fingerprint density at radius 1 is 1.32 bits per heavy atom. The fraction of sp³-hybridized carbons (Fsp3) is 0.467. The van der Waals surface area contributed by atoms with Gasteiger partial charge in [-0.05, 0) is 25.0 Å². The highest BCUT2D eigenvalue weighted by molar-refractivity contribution is 5.99. The van der Waals surface area contributed by atoms with Crippen molar-refractivity contribution in [2.75, 3.05) is 0 Å². The van der Waals surface area contributed by atoms with Crippen molar-refractivity contribution in [3.8, 4) is 0 Å². The number of rotatable bonds is 2. The molecule has 0 unspecified atom stereocenters. The molecule has 1 saturated carbocycles. The first-order chi connectivity index (χ1) is 9.10. The van der Waals surface area contributed by atoms with Crippen LogP contribution in [0.3, 0.4) is 0 Å². The Morgan fingerprint density at radius 2 is 2.05 bits per heavy atom. The maximum Gasteiger partial charge on any atom is 0.339 e. The Labute approximate surface area is 111 Å². The van der Waals surface area contributed by atoms with E-state index in [2.05, 4.69) is 11.9 Å². The molecule has 0 bridgehead atoms. The second-order valence-electron chi connectivity index (χ2n) is 5.60. The summed E-state index contributed by atoms with van der Waals surface area (Å²) in [5, 5.41) is 9.18. The third kappa shape index (κ3) is 2.01. The number of hydrogen-bond donors (Lipinski definition) is 1. The molecule has 0 radical (unpaired) electrons. The first-order valence-corrected chi connectivity index (χ1v) is 6.73. The summed E-state index contributed by atoms with van der Waals surface area (Å²) < 4.78 is 5.81. The molecule has 1 N–H and O–H groups in total. The Bertz CT molecular complexity index is 623. The molecule has 0 aliphatic heterocycles. The lowest BCUT2D eigenvalue weighted by Gasteiger charge is -2.30. The summed E-state index contributed by atoms with van der Waals surface area (Å²) in [6.45, 7) is 2.16. The Balaban J connectivity index is 2.11. The Hall–Kier alpha value is -1.84. The van der Waals surface area contributed by atoms with Crippen molar-refractivity contribution >= 4 is 17.1 Å². The number of aromatic carboxylic acids is 1. The Morgan fingerprint density at radius 3 is 2.74 bits per heavy atom. The van der Waals surface area contributed by atoms with E-state index < -0.39 is 5.97 Å². The lowest BCUT2D eigenvalue weighted by atomic mass is 9.76. The number of carboxylic acid groups (broad SMARTS) is 1. The minimum absolute atomic E-state index is 0.0486. The van der Waals surface area contributed by atoms with E-state index >= 15 is 0 Å². The average Bonchev–Trinajstić information content (AvgIpc) is 2.83. The van der Waals surface area contributed by atoms with Crippen LogP contribution < -0.4 is 0 Å². The van der Waals surface area contributed by atoms with Crippen LogP contribution >= 0.6 is 0 Å². The molecule has 1 aromatic heterocycles. The van der Waals surface area contributed by atoms with Gasteiger partial charge < -0.3 is 9.52 Å². The van der Waals surface area contributed by atoms with Crippen LogP contribution in [0.25, 0.3) is 11.1 Å². The molecule has 4 heteroatoms. The third-order valence-electron chi connectivity index (χ3n) is 4.12. The van der Waals surface area contributed by atoms with Crippen molar-refractivity contribution < 1.29 is 14.3 Å². The topological polar surface area (TPSA) is 63.3 Å². The number of nitrogens with zero attached hydrogens (tertiary/aromatic N) is 1. The zero-order valence-electron chi connectivity index (χ0n) is 11.0. The van der Waals surface area contributed by atoms with Gasteiger partial charge in [-0.3, -0.25) is 0 Å². The van der Waals surface area contributed by atoms with Gasteiger partial charge in [-0.1, -0.05) is 32.3 Å². The lowest BCUT2D eigenvalue weighted by molar-refractivity contribution is 0.0697. The van der Waals surface area contributed by atoms with Crippen molar-refractivity contribution in [1.29, 1.82) is 0 Å². The first kappa shape index (κ1) is 12.2. The number of oxazole rings is 1. The highest BCUT2D eigenvalue weighted by Crippen LogP contribution is 2.39. The van der Waals surface area contributed by atoms with Gasteiger partial charge >= 0.3 is 5.97 Å². The standard InChI is InChI=1S/C15H17NO3/c1-15(8-3-2-4-9-15)14-16-11-7-5-6-10(13(17)18)12(11)19-14/h5-7H,2-4,8-9H2,1H3,(H,17,18). The quantitative estimate of drug-likeness (QED) is 0.892. The predicted octanol–water partition coefficient (Wildman–Crippen LogP) is 3.75. The smallest absolute Gasteiger partial charge is 0.339 e. The van der Waals surface area contributed by atoms with Crippen molar-refractivity contribution in [2.45, 2.75) is 44.4 Å². The van der Waals surface area contributed by atoms with E-state index in [4.69, 9.17) is 4.42 Å². The molecule has 0 atom stereocenters. The number of carbonyl (C=O) groups is 1. The summed E-state index contributed by atoms with van der Waals surface area (Å²) in [6, 6.07) is 5.07. The van der Waals surface area contributed by atoms with Gasteiger partial charge in [0.2, 0.25) is 5.89 Å². The number of fused-ring (bicyclic) bond motifs is 1. The van der Waals surface area contributed by atoms with Gasteiger partial charge in [0.25, 0.3) is 0 Å². The minimum atomic E-state index is -0.970. The van der Waals surface area contributed by atoms with Crippen molar-refractivity contribution in [3.63, 3.8) is 0 Å². The van der Waals surface area contributed by atoms with Gasteiger partial charge in [0.05, 0.1) is 0 Å². The second-order valence-corrected chi connectivity index (χ2v) is 5.60.